The molecule has 0 atom stereocenters. The van der Waals surface area contributed by atoms with Crippen molar-refractivity contribution in [3.05, 3.63) is 17.1 Å². The molecule has 0 aliphatic heterocycles. The first kappa shape index (κ1) is 14.1. The summed E-state index contributed by atoms with van der Waals surface area (Å²) in [5.74, 6) is 0.108. The minimum absolute atomic E-state index is 0.108. The number of anilines is 2. The van der Waals surface area contributed by atoms with Crippen molar-refractivity contribution >= 4 is 42.8 Å². The molecule has 1 aromatic carbocycles. The number of nitrogens with two attached hydrogens (primary N) is 1. The van der Waals surface area contributed by atoms with Crippen LogP contribution in [-0.4, -0.2) is 39.0 Å². The van der Waals surface area contributed by atoms with E-state index in [1.807, 2.05) is 31.0 Å². The van der Waals surface area contributed by atoms with Crippen LogP contribution in [0.1, 0.15) is 5.01 Å². The molecule has 0 aliphatic carbocycles. The van der Waals surface area contributed by atoms with Crippen molar-refractivity contribution in [2.24, 2.45) is 0 Å². The number of fused-ring (bicyclic) bond motifs is 1. The number of sulfone groups is 1. The first-order valence-corrected chi connectivity index (χ1v) is 8.69. The van der Waals surface area contributed by atoms with Crippen LogP contribution < -0.4 is 10.6 Å². The highest BCUT2D eigenvalue weighted by molar-refractivity contribution is 7.90. The lowest BCUT2D eigenvalue weighted by atomic mass is 10.2. The van der Waals surface area contributed by atoms with Gasteiger partial charge < -0.3 is 10.6 Å². The summed E-state index contributed by atoms with van der Waals surface area (Å²) in [5, 5.41) is 0.991. The van der Waals surface area contributed by atoms with Crippen molar-refractivity contribution in [2.45, 2.75) is 6.92 Å². The summed E-state index contributed by atoms with van der Waals surface area (Å²) in [6.07, 6.45) is 1.23. The van der Waals surface area contributed by atoms with Crippen molar-refractivity contribution in [1.29, 1.82) is 0 Å². The van der Waals surface area contributed by atoms with E-state index in [4.69, 9.17) is 5.73 Å². The number of benzene rings is 1. The van der Waals surface area contributed by atoms with Crippen LogP contribution in [0, 0.1) is 6.92 Å². The van der Waals surface area contributed by atoms with Gasteiger partial charge in [-0.25, -0.2) is 13.4 Å². The van der Waals surface area contributed by atoms with Gasteiger partial charge >= 0.3 is 0 Å². The topological polar surface area (TPSA) is 76.3 Å². The predicted octanol–water partition coefficient (Wildman–Crippen LogP) is 1.67. The number of aryl methyl sites for hydroxylation is 1. The third-order valence-electron chi connectivity index (χ3n) is 2.85. The fourth-order valence-electron chi connectivity index (χ4n) is 1.85. The van der Waals surface area contributed by atoms with E-state index in [-0.39, 0.29) is 5.75 Å². The van der Waals surface area contributed by atoms with E-state index in [9.17, 15) is 8.42 Å². The highest BCUT2D eigenvalue weighted by Crippen LogP contribution is 2.31. The molecule has 19 heavy (non-hydrogen) atoms. The average molecular weight is 299 g/mol. The molecule has 0 bridgehead atoms. The van der Waals surface area contributed by atoms with Gasteiger partial charge in [0.2, 0.25) is 0 Å². The van der Waals surface area contributed by atoms with E-state index < -0.39 is 9.84 Å². The summed E-state index contributed by atoms with van der Waals surface area (Å²) >= 11 is 1.60. The molecule has 2 rings (SSSR count). The Morgan fingerprint density at radius 3 is 2.74 bits per heavy atom. The molecule has 2 aromatic rings. The van der Waals surface area contributed by atoms with E-state index in [1.165, 1.54) is 6.26 Å². The largest absolute Gasteiger partial charge is 0.397 e. The van der Waals surface area contributed by atoms with Gasteiger partial charge in [-0.05, 0) is 19.1 Å². The van der Waals surface area contributed by atoms with Gasteiger partial charge in [-0.3, -0.25) is 0 Å². The van der Waals surface area contributed by atoms with Crippen molar-refractivity contribution < 1.29 is 8.42 Å². The Kier molecular flexibility index (Phi) is 3.69. The highest BCUT2D eigenvalue weighted by atomic mass is 32.2. The highest BCUT2D eigenvalue weighted by Gasteiger charge is 2.12. The molecule has 104 valence electrons. The van der Waals surface area contributed by atoms with Crippen molar-refractivity contribution in [1.82, 2.24) is 4.98 Å². The normalized spacial score (nSPS) is 11.9. The first-order chi connectivity index (χ1) is 8.76. The lowest BCUT2D eigenvalue weighted by Crippen LogP contribution is -2.25. The van der Waals surface area contributed by atoms with Gasteiger partial charge in [0, 0.05) is 19.8 Å². The number of hydrogen-bond acceptors (Lipinski definition) is 6. The van der Waals surface area contributed by atoms with Crippen LogP contribution >= 0.6 is 11.3 Å². The predicted molar refractivity (Wildman–Crippen MR) is 81.8 cm³/mol. The van der Waals surface area contributed by atoms with Crippen LogP contribution in [0.4, 0.5) is 11.4 Å². The van der Waals surface area contributed by atoms with E-state index in [2.05, 4.69) is 4.98 Å². The van der Waals surface area contributed by atoms with Gasteiger partial charge in [0.25, 0.3) is 0 Å². The second-order valence-electron chi connectivity index (χ2n) is 4.66. The van der Waals surface area contributed by atoms with Gasteiger partial charge in [0.1, 0.15) is 9.84 Å². The minimum Gasteiger partial charge on any atom is -0.397 e. The molecule has 0 amide bonds. The van der Waals surface area contributed by atoms with Gasteiger partial charge in [-0.15, -0.1) is 11.3 Å². The molecule has 1 heterocycles. The zero-order chi connectivity index (χ0) is 14.2. The number of aromatic nitrogens is 1. The Bertz CT molecular complexity index is 707. The quantitative estimate of drug-likeness (QED) is 0.869. The molecule has 0 aliphatic rings. The van der Waals surface area contributed by atoms with Crippen LogP contribution in [0.25, 0.3) is 10.2 Å². The van der Waals surface area contributed by atoms with Crippen LogP contribution in [0.5, 0.6) is 0 Å². The Hall–Kier alpha value is -1.34. The summed E-state index contributed by atoms with van der Waals surface area (Å²) in [6.45, 7) is 2.37. The van der Waals surface area contributed by atoms with Gasteiger partial charge in [-0.1, -0.05) is 0 Å². The lowest BCUT2D eigenvalue weighted by molar-refractivity contribution is 0.601. The second-order valence-corrected chi connectivity index (χ2v) is 8.16. The average Bonchev–Trinajstić information content (AvgIpc) is 2.63. The summed E-state index contributed by atoms with van der Waals surface area (Å²) in [4.78, 5) is 6.28. The zero-order valence-corrected chi connectivity index (χ0v) is 12.8. The fourth-order valence-corrected chi connectivity index (χ4v) is 3.31. The monoisotopic (exact) mass is 299 g/mol. The molecular formula is C12H17N3O2S2. The maximum atomic E-state index is 11.2. The number of thiazole rings is 1. The maximum Gasteiger partial charge on any atom is 0.149 e. The molecule has 1 aromatic heterocycles. The molecule has 0 radical (unpaired) electrons. The summed E-state index contributed by atoms with van der Waals surface area (Å²) < 4.78 is 23.4. The number of rotatable bonds is 4. The Morgan fingerprint density at radius 1 is 1.42 bits per heavy atom. The molecule has 0 saturated heterocycles. The van der Waals surface area contributed by atoms with E-state index in [0.29, 0.717) is 12.2 Å². The third-order valence-corrected chi connectivity index (χ3v) is 4.71. The lowest BCUT2D eigenvalue weighted by Gasteiger charge is -2.20. The van der Waals surface area contributed by atoms with Gasteiger partial charge in [0.05, 0.1) is 32.4 Å². The molecule has 0 fully saturated rings. The molecule has 5 nitrogen and oxygen atoms in total. The Morgan fingerprint density at radius 2 is 2.11 bits per heavy atom. The Balaban J connectivity index is 2.30. The standard InChI is InChI=1S/C12H17N3O2S2/c1-8-14-10-7-11(9(13)6-12(10)18-8)15(2)4-5-19(3,16)17/h6-7H,4-5,13H2,1-3H3. The van der Waals surface area contributed by atoms with Crippen LogP contribution in [0.15, 0.2) is 12.1 Å². The number of nitrogen functional groups attached to an aromatic ring is 1. The summed E-state index contributed by atoms with van der Waals surface area (Å²) in [5.41, 5.74) is 8.39. The van der Waals surface area contributed by atoms with Crippen LogP contribution in [-0.2, 0) is 9.84 Å². The van der Waals surface area contributed by atoms with E-state index >= 15 is 0 Å². The van der Waals surface area contributed by atoms with E-state index in [1.54, 1.807) is 11.3 Å². The summed E-state index contributed by atoms with van der Waals surface area (Å²) in [6, 6.07) is 3.81. The maximum absolute atomic E-state index is 11.2. The van der Waals surface area contributed by atoms with E-state index in [0.717, 1.165) is 20.9 Å². The molecule has 0 spiro atoms. The van der Waals surface area contributed by atoms with Crippen molar-refractivity contribution in [2.75, 3.05) is 36.2 Å². The van der Waals surface area contributed by atoms with Crippen molar-refractivity contribution in [3.8, 4) is 0 Å². The minimum atomic E-state index is -2.97. The van der Waals surface area contributed by atoms with Crippen LogP contribution in [0.3, 0.4) is 0 Å². The second kappa shape index (κ2) is 4.97. The molecule has 2 N–H and O–H groups in total. The van der Waals surface area contributed by atoms with Gasteiger partial charge in [-0.2, -0.15) is 0 Å². The number of nitrogens with zero attached hydrogens (tertiary/aromatic N) is 2. The Labute approximate surface area is 117 Å². The molecule has 0 saturated carbocycles. The fraction of sp³-hybridized carbons (Fsp3) is 0.417. The SMILES string of the molecule is Cc1nc2cc(N(C)CCS(C)(=O)=O)c(N)cc2s1. The van der Waals surface area contributed by atoms with Crippen molar-refractivity contribution in [3.63, 3.8) is 0 Å². The molecule has 7 heteroatoms. The molecular weight excluding hydrogens is 282 g/mol. The third kappa shape index (κ3) is 3.36. The zero-order valence-electron chi connectivity index (χ0n) is 11.2. The van der Waals surface area contributed by atoms with Gasteiger partial charge in [0.15, 0.2) is 0 Å². The summed E-state index contributed by atoms with van der Waals surface area (Å²) in [7, 11) is -1.14. The smallest absolute Gasteiger partial charge is 0.149 e. The first-order valence-electron chi connectivity index (χ1n) is 5.82. The number of hydrogen-bond donors (Lipinski definition) is 1. The van der Waals surface area contributed by atoms with Crippen LogP contribution in [0.2, 0.25) is 0 Å². The molecule has 0 unspecified atom stereocenters.